The zero-order chi connectivity index (χ0) is 16.2. The van der Waals surface area contributed by atoms with Crippen molar-refractivity contribution in [3.8, 4) is 6.07 Å². The summed E-state index contributed by atoms with van der Waals surface area (Å²) in [5.74, 6) is 2.06. The first-order valence-electron chi connectivity index (χ1n) is 8.20. The Kier molecular flexibility index (Phi) is 4.56. The van der Waals surface area contributed by atoms with Crippen LogP contribution in [0, 0.1) is 17.2 Å². The summed E-state index contributed by atoms with van der Waals surface area (Å²) in [7, 11) is 1.95. The van der Waals surface area contributed by atoms with E-state index in [0.717, 1.165) is 25.1 Å². The molecule has 1 N–H and O–H groups in total. The van der Waals surface area contributed by atoms with Gasteiger partial charge in [-0.2, -0.15) is 10.4 Å². The van der Waals surface area contributed by atoms with E-state index in [-0.39, 0.29) is 0 Å². The molecular weight excluding hydrogens is 288 g/mol. The van der Waals surface area contributed by atoms with Crippen LogP contribution in [0.5, 0.6) is 0 Å². The molecule has 0 amide bonds. The minimum atomic E-state index is 0.390. The normalized spacial score (nSPS) is 20.4. The number of rotatable bonds is 5. The van der Waals surface area contributed by atoms with Crippen LogP contribution in [-0.4, -0.2) is 25.8 Å². The predicted molar refractivity (Wildman–Crippen MR) is 87.8 cm³/mol. The fourth-order valence-electron chi connectivity index (χ4n) is 3.33. The van der Waals surface area contributed by atoms with Crippen LogP contribution >= 0.6 is 0 Å². The van der Waals surface area contributed by atoms with E-state index in [1.54, 1.807) is 6.07 Å². The summed E-state index contributed by atoms with van der Waals surface area (Å²) in [6.45, 7) is 2.00. The molecule has 120 valence electrons. The Hall–Kier alpha value is -2.42. The van der Waals surface area contributed by atoms with Gasteiger partial charge >= 0.3 is 0 Å². The number of nitrogens with one attached hydrogen (secondary N) is 1. The van der Waals surface area contributed by atoms with E-state index in [9.17, 15) is 0 Å². The van der Waals surface area contributed by atoms with E-state index < -0.39 is 0 Å². The molecule has 1 saturated carbocycles. The molecule has 1 aliphatic carbocycles. The third-order valence-electron chi connectivity index (χ3n) is 4.45. The maximum atomic E-state index is 9.11. The van der Waals surface area contributed by atoms with Crippen molar-refractivity contribution in [3.63, 3.8) is 0 Å². The second-order valence-electron chi connectivity index (χ2n) is 6.19. The zero-order valence-electron chi connectivity index (χ0n) is 13.7. The van der Waals surface area contributed by atoms with Crippen LogP contribution in [0.1, 0.15) is 43.3 Å². The molecule has 2 aromatic rings. The molecule has 6 heteroatoms. The van der Waals surface area contributed by atoms with E-state index in [4.69, 9.17) is 5.26 Å². The second kappa shape index (κ2) is 6.78. The fraction of sp³-hybridized carbons (Fsp3) is 0.529. The summed E-state index contributed by atoms with van der Waals surface area (Å²) >= 11 is 0. The molecule has 0 saturated heterocycles. The van der Waals surface area contributed by atoms with Gasteiger partial charge in [-0.25, -0.2) is 9.97 Å². The standard InChI is InChI=1S/C17H22N6/c1-3-16-20-14(9-18)8-17(22-16)21-15-6-4-5-13(15)7-12-10-19-23(2)11-12/h8,10-11,13,15H,3-7H2,1-2H3,(H,20,21,22). The molecule has 0 aromatic carbocycles. The molecule has 23 heavy (non-hydrogen) atoms. The molecule has 1 fully saturated rings. The summed E-state index contributed by atoms with van der Waals surface area (Å²) in [6, 6.07) is 4.26. The Morgan fingerprint density at radius 2 is 2.26 bits per heavy atom. The van der Waals surface area contributed by atoms with Gasteiger partial charge in [0.25, 0.3) is 0 Å². The number of aryl methyl sites for hydroxylation is 2. The third-order valence-corrected chi connectivity index (χ3v) is 4.45. The summed E-state index contributed by atoms with van der Waals surface area (Å²) in [5.41, 5.74) is 1.71. The van der Waals surface area contributed by atoms with Gasteiger partial charge in [-0.15, -0.1) is 0 Å². The average Bonchev–Trinajstić information content (AvgIpc) is 3.16. The second-order valence-corrected chi connectivity index (χ2v) is 6.19. The molecule has 2 atom stereocenters. The quantitative estimate of drug-likeness (QED) is 0.917. The van der Waals surface area contributed by atoms with Crippen molar-refractivity contribution in [2.75, 3.05) is 5.32 Å². The first-order valence-corrected chi connectivity index (χ1v) is 8.20. The number of hydrogen-bond donors (Lipinski definition) is 1. The fourth-order valence-corrected chi connectivity index (χ4v) is 3.33. The average molecular weight is 310 g/mol. The Morgan fingerprint density at radius 1 is 1.39 bits per heavy atom. The van der Waals surface area contributed by atoms with Gasteiger partial charge < -0.3 is 5.32 Å². The number of aromatic nitrogens is 4. The van der Waals surface area contributed by atoms with Crippen molar-refractivity contribution in [2.45, 2.75) is 45.1 Å². The van der Waals surface area contributed by atoms with Crippen LogP contribution in [-0.2, 0) is 19.9 Å². The molecule has 2 unspecified atom stereocenters. The first-order chi connectivity index (χ1) is 11.2. The topological polar surface area (TPSA) is 79.4 Å². The Labute approximate surface area is 136 Å². The van der Waals surface area contributed by atoms with E-state index >= 15 is 0 Å². The van der Waals surface area contributed by atoms with Gasteiger partial charge in [-0.3, -0.25) is 4.68 Å². The Bertz CT molecular complexity index is 714. The van der Waals surface area contributed by atoms with Crippen molar-refractivity contribution in [1.82, 2.24) is 19.7 Å². The summed E-state index contributed by atoms with van der Waals surface area (Å²) in [5, 5.41) is 16.9. The van der Waals surface area contributed by atoms with Crippen LogP contribution in [0.25, 0.3) is 0 Å². The van der Waals surface area contributed by atoms with Crippen LogP contribution in [0.3, 0.4) is 0 Å². The highest BCUT2D eigenvalue weighted by Crippen LogP contribution is 2.31. The molecule has 0 radical (unpaired) electrons. The SMILES string of the molecule is CCc1nc(C#N)cc(NC2CCCC2Cc2cnn(C)c2)n1. The van der Waals surface area contributed by atoms with E-state index in [0.29, 0.717) is 23.5 Å². The largest absolute Gasteiger partial charge is 0.367 e. The van der Waals surface area contributed by atoms with Crippen LogP contribution in [0.15, 0.2) is 18.5 Å². The van der Waals surface area contributed by atoms with Crippen molar-refractivity contribution < 1.29 is 0 Å². The van der Waals surface area contributed by atoms with Gasteiger partial charge in [0.2, 0.25) is 0 Å². The van der Waals surface area contributed by atoms with E-state index in [1.807, 2.05) is 24.9 Å². The van der Waals surface area contributed by atoms with Crippen molar-refractivity contribution in [1.29, 1.82) is 5.26 Å². The Morgan fingerprint density at radius 3 is 2.96 bits per heavy atom. The van der Waals surface area contributed by atoms with Crippen LogP contribution < -0.4 is 5.32 Å². The van der Waals surface area contributed by atoms with Crippen molar-refractivity contribution in [2.24, 2.45) is 13.0 Å². The minimum Gasteiger partial charge on any atom is -0.367 e. The first kappa shape index (κ1) is 15.5. The number of nitrogens with zero attached hydrogens (tertiary/aromatic N) is 5. The molecule has 0 bridgehead atoms. The summed E-state index contributed by atoms with van der Waals surface area (Å²) < 4.78 is 1.85. The monoisotopic (exact) mass is 310 g/mol. The minimum absolute atomic E-state index is 0.390. The van der Waals surface area contributed by atoms with Crippen molar-refractivity contribution in [3.05, 3.63) is 35.5 Å². The summed E-state index contributed by atoms with van der Waals surface area (Å²) in [6.07, 6.45) is 9.36. The van der Waals surface area contributed by atoms with E-state index in [1.165, 1.54) is 18.4 Å². The maximum absolute atomic E-state index is 9.11. The highest BCUT2D eigenvalue weighted by Gasteiger charge is 2.28. The van der Waals surface area contributed by atoms with Gasteiger partial charge in [-0.1, -0.05) is 13.3 Å². The molecule has 0 aliphatic heterocycles. The number of hydrogen-bond acceptors (Lipinski definition) is 5. The Balaban J connectivity index is 1.72. The molecule has 3 rings (SSSR count). The van der Waals surface area contributed by atoms with E-state index in [2.05, 4.69) is 32.6 Å². The predicted octanol–water partition coefficient (Wildman–Crippen LogP) is 2.47. The molecule has 2 heterocycles. The van der Waals surface area contributed by atoms with Gasteiger partial charge in [-0.05, 0) is 30.7 Å². The van der Waals surface area contributed by atoms with Crippen LogP contribution in [0.4, 0.5) is 5.82 Å². The molecule has 6 nitrogen and oxygen atoms in total. The van der Waals surface area contributed by atoms with Gasteiger partial charge in [0, 0.05) is 31.8 Å². The van der Waals surface area contributed by atoms with Gasteiger partial charge in [0.1, 0.15) is 23.4 Å². The lowest BCUT2D eigenvalue weighted by molar-refractivity contribution is 0.501. The highest BCUT2D eigenvalue weighted by atomic mass is 15.2. The maximum Gasteiger partial charge on any atom is 0.146 e. The van der Waals surface area contributed by atoms with Gasteiger partial charge in [0.15, 0.2) is 0 Å². The van der Waals surface area contributed by atoms with Crippen LogP contribution in [0.2, 0.25) is 0 Å². The highest BCUT2D eigenvalue weighted by molar-refractivity contribution is 5.41. The lowest BCUT2D eigenvalue weighted by Crippen LogP contribution is -2.26. The molecule has 2 aromatic heterocycles. The number of anilines is 1. The summed E-state index contributed by atoms with van der Waals surface area (Å²) in [4.78, 5) is 8.73. The molecular formula is C17H22N6. The molecule has 0 spiro atoms. The van der Waals surface area contributed by atoms with Gasteiger partial charge in [0.05, 0.1) is 6.20 Å². The van der Waals surface area contributed by atoms with Crippen molar-refractivity contribution >= 4 is 5.82 Å². The lowest BCUT2D eigenvalue weighted by atomic mass is 9.96. The third kappa shape index (κ3) is 3.67. The number of nitriles is 1. The lowest BCUT2D eigenvalue weighted by Gasteiger charge is -2.21. The molecule has 1 aliphatic rings. The zero-order valence-corrected chi connectivity index (χ0v) is 13.7. The smallest absolute Gasteiger partial charge is 0.146 e.